The Morgan fingerprint density at radius 1 is 1.50 bits per heavy atom. The highest BCUT2D eigenvalue weighted by atomic mass is 32.2. The van der Waals surface area contributed by atoms with Gasteiger partial charge in [0.05, 0.1) is 12.1 Å². The quantitative estimate of drug-likeness (QED) is 0.857. The molecule has 2 atom stereocenters. The first-order chi connectivity index (χ1) is 9.58. The van der Waals surface area contributed by atoms with Crippen LogP contribution in [0.3, 0.4) is 0 Å². The third-order valence-electron chi connectivity index (χ3n) is 3.38. The van der Waals surface area contributed by atoms with Gasteiger partial charge in [0, 0.05) is 18.2 Å². The van der Waals surface area contributed by atoms with E-state index in [1.54, 1.807) is 23.9 Å². The van der Waals surface area contributed by atoms with E-state index in [0.29, 0.717) is 6.54 Å². The monoisotopic (exact) mass is 297 g/mol. The number of thioether (sulfide) groups is 1. The zero-order chi connectivity index (χ0) is 14.5. The third-order valence-corrected chi connectivity index (χ3v) is 4.32. The van der Waals surface area contributed by atoms with Crippen molar-refractivity contribution in [3.8, 4) is 0 Å². The third kappa shape index (κ3) is 3.94. The second-order valence-electron chi connectivity index (χ2n) is 5.05. The molecule has 2 unspecified atom stereocenters. The topological polar surface area (TPSA) is 44.4 Å². The van der Waals surface area contributed by atoms with Gasteiger partial charge in [0.1, 0.15) is 5.82 Å². The minimum absolute atomic E-state index is 0.0314. The summed E-state index contributed by atoms with van der Waals surface area (Å²) in [4.78, 5) is 14.0. The predicted molar refractivity (Wildman–Crippen MR) is 80.1 cm³/mol. The molecule has 0 radical (unpaired) electrons. The molecule has 1 heterocycles. The summed E-state index contributed by atoms with van der Waals surface area (Å²) in [7, 11) is 3.90. The molecule has 1 aromatic rings. The highest BCUT2D eigenvalue weighted by molar-refractivity contribution is 7.99. The molecule has 0 bridgehead atoms. The summed E-state index contributed by atoms with van der Waals surface area (Å²) in [6.07, 6.45) is 0. The summed E-state index contributed by atoms with van der Waals surface area (Å²) in [5.41, 5.74) is 0.991. The van der Waals surface area contributed by atoms with Gasteiger partial charge < -0.3 is 10.2 Å². The lowest BCUT2D eigenvalue weighted by atomic mass is 10.1. The molecule has 0 spiro atoms. The minimum Gasteiger partial charge on any atom is -0.353 e. The fourth-order valence-corrected chi connectivity index (χ4v) is 3.11. The van der Waals surface area contributed by atoms with E-state index in [1.807, 2.05) is 19.0 Å². The number of hydrogen-bond acceptors (Lipinski definition) is 4. The lowest BCUT2D eigenvalue weighted by Crippen LogP contribution is -2.44. The van der Waals surface area contributed by atoms with Crippen LogP contribution in [-0.2, 0) is 4.79 Å². The predicted octanol–water partition coefficient (Wildman–Crippen LogP) is 1.21. The number of carbonyl (C=O) groups excluding carboxylic acids is 1. The molecule has 2 rings (SSSR count). The fourth-order valence-electron chi connectivity index (χ4n) is 2.17. The summed E-state index contributed by atoms with van der Waals surface area (Å²) in [6, 6.07) is 6.35. The van der Waals surface area contributed by atoms with Gasteiger partial charge in [-0.25, -0.2) is 4.39 Å². The number of benzene rings is 1. The number of hydrogen-bond donors (Lipinski definition) is 2. The van der Waals surface area contributed by atoms with Crippen molar-refractivity contribution in [3.05, 3.63) is 35.6 Å². The van der Waals surface area contributed by atoms with Crippen LogP contribution < -0.4 is 10.6 Å². The molecule has 1 aliphatic rings. The molecule has 0 saturated carbocycles. The van der Waals surface area contributed by atoms with Gasteiger partial charge in [0.25, 0.3) is 0 Å². The summed E-state index contributed by atoms with van der Waals surface area (Å²) in [6.45, 7) is 0.514. The van der Waals surface area contributed by atoms with Crippen molar-refractivity contribution in [1.82, 2.24) is 15.5 Å². The average molecular weight is 297 g/mol. The van der Waals surface area contributed by atoms with Crippen molar-refractivity contribution < 1.29 is 9.18 Å². The van der Waals surface area contributed by atoms with Crippen LogP contribution in [0.2, 0.25) is 0 Å². The minimum atomic E-state index is -0.248. The first-order valence-corrected chi connectivity index (χ1v) is 7.74. The molecule has 4 nitrogen and oxygen atoms in total. The van der Waals surface area contributed by atoms with Gasteiger partial charge >= 0.3 is 0 Å². The second kappa shape index (κ2) is 7.06. The number of rotatable bonds is 5. The van der Waals surface area contributed by atoms with E-state index in [4.69, 9.17) is 0 Å². The van der Waals surface area contributed by atoms with Gasteiger partial charge in [0.15, 0.2) is 0 Å². The number of carbonyl (C=O) groups is 1. The van der Waals surface area contributed by atoms with Gasteiger partial charge in [-0.2, -0.15) is 0 Å². The van der Waals surface area contributed by atoms with Crippen molar-refractivity contribution in [2.75, 3.05) is 32.3 Å². The molecule has 1 fully saturated rings. The van der Waals surface area contributed by atoms with Crippen molar-refractivity contribution in [3.63, 3.8) is 0 Å². The second-order valence-corrected chi connectivity index (χ2v) is 6.08. The molecule has 1 aliphatic heterocycles. The van der Waals surface area contributed by atoms with E-state index in [2.05, 4.69) is 10.6 Å². The van der Waals surface area contributed by atoms with Crippen LogP contribution in [0.4, 0.5) is 4.39 Å². The molecular weight excluding hydrogens is 277 g/mol. The van der Waals surface area contributed by atoms with Crippen LogP contribution in [-0.4, -0.2) is 49.1 Å². The standard InChI is InChI=1S/C14H20FN3OS/c1-18(2)13(10-3-5-11(15)6-4-10)7-16-14(19)12-8-20-9-17-12/h3-6,12-13,17H,7-9H2,1-2H3,(H,16,19). The fraction of sp³-hybridized carbons (Fsp3) is 0.500. The zero-order valence-electron chi connectivity index (χ0n) is 11.7. The molecule has 1 saturated heterocycles. The van der Waals surface area contributed by atoms with E-state index < -0.39 is 0 Å². The van der Waals surface area contributed by atoms with Crippen LogP contribution >= 0.6 is 11.8 Å². The van der Waals surface area contributed by atoms with Crippen molar-refractivity contribution in [1.29, 1.82) is 0 Å². The van der Waals surface area contributed by atoms with E-state index >= 15 is 0 Å². The Morgan fingerprint density at radius 2 is 2.20 bits per heavy atom. The van der Waals surface area contributed by atoms with Gasteiger partial charge in [-0.1, -0.05) is 12.1 Å². The molecule has 0 aromatic heterocycles. The Balaban J connectivity index is 1.95. The van der Waals surface area contributed by atoms with Crippen molar-refractivity contribution in [2.45, 2.75) is 12.1 Å². The Morgan fingerprint density at radius 3 is 2.75 bits per heavy atom. The van der Waals surface area contributed by atoms with Crippen LogP contribution in [0.1, 0.15) is 11.6 Å². The van der Waals surface area contributed by atoms with Crippen LogP contribution in [0.25, 0.3) is 0 Å². The Labute approximate surface area is 123 Å². The number of amides is 1. The summed E-state index contributed by atoms with van der Waals surface area (Å²) in [5.74, 6) is 1.42. The maximum Gasteiger partial charge on any atom is 0.238 e. The summed E-state index contributed by atoms with van der Waals surface area (Å²) < 4.78 is 13.0. The van der Waals surface area contributed by atoms with E-state index in [1.165, 1.54) is 12.1 Å². The zero-order valence-corrected chi connectivity index (χ0v) is 12.5. The Hall–Kier alpha value is -1.11. The van der Waals surface area contributed by atoms with Gasteiger partial charge in [-0.15, -0.1) is 11.8 Å². The normalized spacial score (nSPS) is 20.1. The number of nitrogens with one attached hydrogen (secondary N) is 2. The molecule has 20 heavy (non-hydrogen) atoms. The highest BCUT2D eigenvalue weighted by Crippen LogP contribution is 2.18. The lowest BCUT2D eigenvalue weighted by molar-refractivity contribution is -0.122. The molecule has 110 valence electrons. The molecule has 1 amide bonds. The average Bonchev–Trinajstić information content (AvgIpc) is 2.94. The van der Waals surface area contributed by atoms with Crippen molar-refractivity contribution >= 4 is 17.7 Å². The molecule has 2 N–H and O–H groups in total. The van der Waals surface area contributed by atoms with Gasteiger partial charge in [0.2, 0.25) is 5.91 Å². The maximum atomic E-state index is 13.0. The van der Waals surface area contributed by atoms with E-state index in [9.17, 15) is 9.18 Å². The Bertz CT molecular complexity index is 446. The number of halogens is 1. The Kier molecular flexibility index (Phi) is 5.39. The van der Waals surface area contributed by atoms with Crippen molar-refractivity contribution in [2.24, 2.45) is 0 Å². The van der Waals surface area contributed by atoms with Crippen LogP contribution in [0, 0.1) is 5.82 Å². The SMILES string of the molecule is CN(C)C(CNC(=O)C1CSCN1)c1ccc(F)cc1. The van der Waals surface area contributed by atoms with Gasteiger partial charge in [-0.3, -0.25) is 10.1 Å². The lowest BCUT2D eigenvalue weighted by Gasteiger charge is -2.25. The van der Waals surface area contributed by atoms with Crippen LogP contribution in [0.5, 0.6) is 0 Å². The smallest absolute Gasteiger partial charge is 0.238 e. The maximum absolute atomic E-state index is 13.0. The largest absolute Gasteiger partial charge is 0.353 e. The number of nitrogens with zero attached hydrogens (tertiary/aromatic N) is 1. The van der Waals surface area contributed by atoms with Crippen LogP contribution in [0.15, 0.2) is 24.3 Å². The van der Waals surface area contributed by atoms with E-state index in [-0.39, 0.29) is 23.8 Å². The molecule has 0 aliphatic carbocycles. The summed E-state index contributed by atoms with van der Waals surface area (Å²) >= 11 is 1.73. The molecule has 6 heteroatoms. The highest BCUT2D eigenvalue weighted by Gasteiger charge is 2.23. The first kappa shape index (κ1) is 15.3. The van der Waals surface area contributed by atoms with Gasteiger partial charge in [-0.05, 0) is 31.8 Å². The number of likely N-dealkylation sites (N-methyl/N-ethyl adjacent to an activating group) is 1. The summed E-state index contributed by atoms with van der Waals surface area (Å²) in [5, 5.41) is 6.11. The van der Waals surface area contributed by atoms with E-state index in [0.717, 1.165) is 17.2 Å². The molecular formula is C14H20FN3OS. The first-order valence-electron chi connectivity index (χ1n) is 6.58. The molecule has 1 aromatic carbocycles.